The Balaban J connectivity index is 1.76. The first-order valence-corrected chi connectivity index (χ1v) is 6.12. The van der Waals surface area contributed by atoms with Crippen LogP contribution in [0, 0.1) is 0 Å². The van der Waals surface area contributed by atoms with Crippen LogP contribution in [0.5, 0.6) is 0 Å². The summed E-state index contributed by atoms with van der Waals surface area (Å²) in [4.78, 5) is 16.8. The Bertz CT molecular complexity index is 306. The molecule has 1 fully saturated rings. The molecule has 1 aromatic heterocycles. The minimum absolute atomic E-state index is 0.00618. The van der Waals surface area contributed by atoms with Crippen molar-refractivity contribution in [3.63, 3.8) is 0 Å². The molecule has 1 unspecified atom stereocenters. The molecular formula is C10H15N3OS. The molecule has 1 amide bonds. The van der Waals surface area contributed by atoms with Gasteiger partial charge in [0.15, 0.2) is 0 Å². The van der Waals surface area contributed by atoms with Gasteiger partial charge < -0.3 is 10.6 Å². The van der Waals surface area contributed by atoms with E-state index < -0.39 is 0 Å². The van der Waals surface area contributed by atoms with Gasteiger partial charge in [0.2, 0.25) is 5.91 Å². The SMILES string of the molecule is O=C(NCc1cncs1)C1CCCCN1. The maximum atomic E-state index is 11.7. The minimum Gasteiger partial charge on any atom is -0.350 e. The van der Waals surface area contributed by atoms with E-state index in [1.807, 2.05) is 0 Å². The Morgan fingerprint density at radius 3 is 3.27 bits per heavy atom. The Kier molecular flexibility index (Phi) is 3.69. The van der Waals surface area contributed by atoms with Gasteiger partial charge in [-0.25, -0.2) is 0 Å². The van der Waals surface area contributed by atoms with E-state index >= 15 is 0 Å². The molecule has 0 saturated carbocycles. The first kappa shape index (κ1) is 10.6. The number of amides is 1. The van der Waals surface area contributed by atoms with E-state index in [1.54, 1.807) is 23.0 Å². The van der Waals surface area contributed by atoms with Gasteiger partial charge in [0, 0.05) is 11.1 Å². The van der Waals surface area contributed by atoms with Crippen LogP contribution < -0.4 is 10.6 Å². The summed E-state index contributed by atoms with van der Waals surface area (Å²) in [5.41, 5.74) is 1.78. The van der Waals surface area contributed by atoms with Gasteiger partial charge >= 0.3 is 0 Å². The lowest BCUT2D eigenvalue weighted by Crippen LogP contribution is -2.46. The molecule has 1 atom stereocenters. The summed E-state index contributed by atoms with van der Waals surface area (Å²) >= 11 is 1.57. The molecule has 15 heavy (non-hydrogen) atoms. The fraction of sp³-hybridized carbons (Fsp3) is 0.600. The van der Waals surface area contributed by atoms with Crippen molar-refractivity contribution < 1.29 is 4.79 Å². The van der Waals surface area contributed by atoms with Gasteiger partial charge in [0.05, 0.1) is 18.1 Å². The molecule has 0 spiro atoms. The number of carbonyl (C=O) groups is 1. The number of hydrogen-bond donors (Lipinski definition) is 2. The average Bonchev–Trinajstić information content (AvgIpc) is 2.80. The monoisotopic (exact) mass is 225 g/mol. The van der Waals surface area contributed by atoms with Crippen LogP contribution >= 0.6 is 11.3 Å². The Morgan fingerprint density at radius 2 is 2.60 bits per heavy atom. The average molecular weight is 225 g/mol. The molecule has 1 aliphatic rings. The highest BCUT2D eigenvalue weighted by Crippen LogP contribution is 2.08. The van der Waals surface area contributed by atoms with Crippen molar-refractivity contribution in [3.05, 3.63) is 16.6 Å². The Morgan fingerprint density at radius 1 is 1.67 bits per heavy atom. The highest BCUT2D eigenvalue weighted by molar-refractivity contribution is 7.09. The fourth-order valence-corrected chi connectivity index (χ4v) is 2.24. The molecule has 1 saturated heterocycles. The number of thiazole rings is 1. The summed E-state index contributed by atoms with van der Waals surface area (Å²) in [6.07, 6.45) is 5.07. The molecule has 0 radical (unpaired) electrons. The molecule has 2 heterocycles. The number of carbonyl (C=O) groups excluding carboxylic acids is 1. The topological polar surface area (TPSA) is 54.0 Å². The summed E-state index contributed by atoms with van der Waals surface area (Å²) in [5.74, 6) is 0.114. The summed E-state index contributed by atoms with van der Waals surface area (Å²) in [7, 11) is 0. The molecule has 0 aromatic carbocycles. The lowest BCUT2D eigenvalue weighted by molar-refractivity contribution is -0.123. The molecule has 82 valence electrons. The van der Waals surface area contributed by atoms with E-state index in [0.717, 1.165) is 24.3 Å². The van der Waals surface area contributed by atoms with E-state index in [-0.39, 0.29) is 11.9 Å². The number of piperidine rings is 1. The quantitative estimate of drug-likeness (QED) is 0.803. The number of nitrogens with zero attached hydrogens (tertiary/aromatic N) is 1. The van der Waals surface area contributed by atoms with E-state index in [9.17, 15) is 4.79 Å². The number of aromatic nitrogens is 1. The predicted octanol–water partition coefficient (Wildman–Crippen LogP) is 0.901. The second kappa shape index (κ2) is 5.23. The third-order valence-corrected chi connectivity index (χ3v) is 3.33. The number of hydrogen-bond acceptors (Lipinski definition) is 4. The minimum atomic E-state index is 0.00618. The normalized spacial score (nSPS) is 21.2. The highest BCUT2D eigenvalue weighted by atomic mass is 32.1. The highest BCUT2D eigenvalue weighted by Gasteiger charge is 2.19. The van der Waals surface area contributed by atoms with E-state index in [0.29, 0.717) is 6.54 Å². The van der Waals surface area contributed by atoms with Gasteiger partial charge in [-0.15, -0.1) is 11.3 Å². The standard InChI is InChI=1S/C10H15N3OS/c14-10(9-3-1-2-4-12-9)13-6-8-5-11-7-15-8/h5,7,9,12H,1-4,6H2,(H,13,14). The largest absolute Gasteiger partial charge is 0.350 e. The van der Waals surface area contributed by atoms with Crippen LogP contribution in [0.4, 0.5) is 0 Å². The van der Waals surface area contributed by atoms with E-state index in [4.69, 9.17) is 0 Å². The van der Waals surface area contributed by atoms with Crippen LogP contribution in [0.25, 0.3) is 0 Å². The van der Waals surface area contributed by atoms with Crippen molar-refractivity contribution in [1.29, 1.82) is 0 Å². The molecular weight excluding hydrogens is 210 g/mol. The molecule has 0 aliphatic carbocycles. The summed E-state index contributed by atoms with van der Waals surface area (Å²) in [5, 5.41) is 6.15. The Hall–Kier alpha value is -0.940. The molecule has 1 aromatic rings. The lowest BCUT2D eigenvalue weighted by Gasteiger charge is -2.22. The zero-order valence-electron chi connectivity index (χ0n) is 8.53. The fourth-order valence-electron chi connectivity index (χ4n) is 1.70. The van der Waals surface area contributed by atoms with Crippen molar-refractivity contribution in [1.82, 2.24) is 15.6 Å². The second-order valence-electron chi connectivity index (χ2n) is 3.69. The van der Waals surface area contributed by atoms with Crippen LogP contribution in [-0.2, 0) is 11.3 Å². The van der Waals surface area contributed by atoms with Gasteiger partial charge in [0.25, 0.3) is 0 Å². The van der Waals surface area contributed by atoms with Crippen molar-refractivity contribution in [2.45, 2.75) is 31.8 Å². The summed E-state index contributed by atoms with van der Waals surface area (Å²) < 4.78 is 0. The van der Waals surface area contributed by atoms with Gasteiger partial charge in [-0.2, -0.15) is 0 Å². The molecule has 2 N–H and O–H groups in total. The first-order valence-electron chi connectivity index (χ1n) is 5.25. The number of rotatable bonds is 3. The van der Waals surface area contributed by atoms with Gasteiger partial charge in [-0.3, -0.25) is 9.78 Å². The lowest BCUT2D eigenvalue weighted by atomic mass is 10.0. The van der Waals surface area contributed by atoms with Crippen molar-refractivity contribution in [2.24, 2.45) is 0 Å². The zero-order valence-corrected chi connectivity index (χ0v) is 9.35. The molecule has 1 aliphatic heterocycles. The molecule has 5 heteroatoms. The summed E-state index contributed by atoms with van der Waals surface area (Å²) in [6, 6.07) is 0.00618. The van der Waals surface area contributed by atoms with Gasteiger partial charge in [-0.05, 0) is 19.4 Å². The third-order valence-electron chi connectivity index (χ3n) is 2.55. The zero-order chi connectivity index (χ0) is 10.5. The number of nitrogens with one attached hydrogen (secondary N) is 2. The van der Waals surface area contributed by atoms with Crippen LogP contribution in [0.15, 0.2) is 11.7 Å². The van der Waals surface area contributed by atoms with Crippen molar-refractivity contribution >= 4 is 17.2 Å². The van der Waals surface area contributed by atoms with Crippen LogP contribution in [-0.4, -0.2) is 23.5 Å². The Labute approximate surface area is 93.1 Å². The van der Waals surface area contributed by atoms with Crippen LogP contribution in [0.1, 0.15) is 24.1 Å². The molecule has 4 nitrogen and oxygen atoms in total. The van der Waals surface area contributed by atoms with E-state index in [1.165, 1.54) is 6.42 Å². The van der Waals surface area contributed by atoms with Crippen molar-refractivity contribution in [3.8, 4) is 0 Å². The van der Waals surface area contributed by atoms with E-state index in [2.05, 4.69) is 15.6 Å². The maximum Gasteiger partial charge on any atom is 0.237 e. The molecule has 2 rings (SSSR count). The van der Waals surface area contributed by atoms with Crippen molar-refractivity contribution in [2.75, 3.05) is 6.54 Å². The summed E-state index contributed by atoms with van der Waals surface area (Å²) in [6.45, 7) is 1.56. The first-order chi connectivity index (χ1) is 7.36. The molecule has 0 bridgehead atoms. The van der Waals surface area contributed by atoms with Crippen LogP contribution in [0.2, 0.25) is 0 Å². The van der Waals surface area contributed by atoms with Crippen LogP contribution in [0.3, 0.4) is 0 Å². The maximum absolute atomic E-state index is 11.7. The predicted molar refractivity (Wildman–Crippen MR) is 59.6 cm³/mol. The van der Waals surface area contributed by atoms with Gasteiger partial charge in [0.1, 0.15) is 0 Å². The third kappa shape index (κ3) is 3.00. The van der Waals surface area contributed by atoms with Gasteiger partial charge in [-0.1, -0.05) is 6.42 Å². The smallest absolute Gasteiger partial charge is 0.237 e. The second-order valence-corrected chi connectivity index (χ2v) is 4.66.